The third-order valence-corrected chi connectivity index (χ3v) is 2.23. The molecule has 0 aliphatic rings. The lowest BCUT2D eigenvalue weighted by molar-refractivity contribution is 0.0690. The zero-order valence-electron chi connectivity index (χ0n) is 8.74. The monoisotopic (exact) mass is 228 g/mol. The molecule has 1 aromatic heterocycles. The van der Waals surface area contributed by atoms with Crippen LogP contribution < -0.4 is 0 Å². The molecule has 0 spiro atoms. The molecular weight excluding hydrogens is 220 g/mol. The lowest BCUT2D eigenvalue weighted by atomic mass is 10.1. The molecule has 17 heavy (non-hydrogen) atoms. The Morgan fingerprint density at radius 2 is 2.24 bits per heavy atom. The number of carboxylic acid groups (broad SMARTS) is 1. The van der Waals surface area contributed by atoms with E-state index in [9.17, 15) is 4.79 Å². The molecule has 84 valence electrons. The van der Waals surface area contributed by atoms with Gasteiger partial charge >= 0.3 is 5.97 Å². The molecule has 0 amide bonds. The number of carboxylic acids is 1. The van der Waals surface area contributed by atoms with E-state index >= 15 is 0 Å². The van der Waals surface area contributed by atoms with Crippen molar-refractivity contribution in [3.8, 4) is 6.07 Å². The highest BCUT2D eigenvalue weighted by Crippen LogP contribution is 2.08. The lowest BCUT2D eigenvalue weighted by Crippen LogP contribution is -2.02. The van der Waals surface area contributed by atoms with Crippen molar-refractivity contribution >= 4 is 5.97 Å². The van der Waals surface area contributed by atoms with Crippen LogP contribution in [0.1, 0.15) is 21.6 Å². The first kappa shape index (κ1) is 10.8. The van der Waals surface area contributed by atoms with Gasteiger partial charge in [-0.25, -0.2) is 9.48 Å². The second kappa shape index (κ2) is 4.45. The maximum Gasteiger partial charge on any atom is 0.358 e. The van der Waals surface area contributed by atoms with Crippen molar-refractivity contribution in [2.75, 3.05) is 0 Å². The number of carbonyl (C=O) groups is 1. The summed E-state index contributed by atoms with van der Waals surface area (Å²) in [4.78, 5) is 10.6. The van der Waals surface area contributed by atoms with E-state index in [4.69, 9.17) is 10.4 Å². The fraction of sp³-hybridized carbons (Fsp3) is 0.0909. The summed E-state index contributed by atoms with van der Waals surface area (Å²) in [5.41, 5.74) is 1.20. The third-order valence-electron chi connectivity index (χ3n) is 2.23. The molecule has 0 aliphatic carbocycles. The molecule has 0 saturated carbocycles. The number of hydrogen-bond acceptors (Lipinski definition) is 4. The maximum atomic E-state index is 10.6. The predicted octanol–water partition coefficient (Wildman–Crippen LogP) is 0.896. The smallest absolute Gasteiger partial charge is 0.358 e. The fourth-order valence-corrected chi connectivity index (χ4v) is 1.42. The zero-order chi connectivity index (χ0) is 12.3. The SMILES string of the molecule is N#Cc1ccccc1Cn1cc(C(=O)O)nn1. The van der Waals surface area contributed by atoms with Crippen LogP contribution in [0.3, 0.4) is 0 Å². The standard InChI is InChI=1S/C11H8N4O2/c12-5-8-3-1-2-4-9(8)6-15-7-10(11(16)17)13-14-15/h1-4,7H,6H2,(H,16,17). The quantitative estimate of drug-likeness (QED) is 0.842. The van der Waals surface area contributed by atoms with Gasteiger partial charge < -0.3 is 5.11 Å². The van der Waals surface area contributed by atoms with Crippen LogP contribution in [0.2, 0.25) is 0 Å². The molecule has 0 aliphatic heterocycles. The molecule has 0 radical (unpaired) electrons. The number of rotatable bonds is 3. The highest BCUT2D eigenvalue weighted by atomic mass is 16.4. The molecule has 0 saturated heterocycles. The molecule has 2 aromatic rings. The topological polar surface area (TPSA) is 91.8 Å². The minimum absolute atomic E-state index is 0.112. The molecule has 1 N–H and O–H groups in total. The van der Waals surface area contributed by atoms with Crippen LogP contribution in [0.15, 0.2) is 30.5 Å². The molecule has 2 rings (SSSR count). The molecule has 1 heterocycles. The van der Waals surface area contributed by atoms with Gasteiger partial charge in [0.2, 0.25) is 0 Å². The summed E-state index contributed by atoms with van der Waals surface area (Å²) in [6, 6.07) is 9.14. The van der Waals surface area contributed by atoms with Gasteiger partial charge in [0, 0.05) is 0 Å². The van der Waals surface area contributed by atoms with E-state index in [1.807, 2.05) is 6.07 Å². The van der Waals surface area contributed by atoms with Crippen molar-refractivity contribution in [1.29, 1.82) is 5.26 Å². The van der Waals surface area contributed by atoms with Crippen molar-refractivity contribution in [3.05, 3.63) is 47.3 Å². The Hall–Kier alpha value is -2.68. The van der Waals surface area contributed by atoms with E-state index in [2.05, 4.69) is 16.4 Å². The average Bonchev–Trinajstić information content (AvgIpc) is 2.78. The normalized spacial score (nSPS) is 9.82. The number of nitriles is 1. The summed E-state index contributed by atoms with van der Waals surface area (Å²) in [5, 5.41) is 24.8. The van der Waals surface area contributed by atoms with E-state index in [-0.39, 0.29) is 5.69 Å². The van der Waals surface area contributed by atoms with Crippen molar-refractivity contribution in [1.82, 2.24) is 15.0 Å². The van der Waals surface area contributed by atoms with Crippen LogP contribution in [-0.2, 0) is 6.54 Å². The summed E-state index contributed by atoms with van der Waals surface area (Å²) in [7, 11) is 0. The molecule has 0 bridgehead atoms. The Morgan fingerprint density at radius 3 is 2.88 bits per heavy atom. The van der Waals surface area contributed by atoms with Crippen LogP contribution >= 0.6 is 0 Å². The average molecular weight is 228 g/mol. The van der Waals surface area contributed by atoms with Crippen LogP contribution in [0.4, 0.5) is 0 Å². The first-order chi connectivity index (χ1) is 8.20. The molecule has 0 unspecified atom stereocenters. The van der Waals surface area contributed by atoms with Gasteiger partial charge in [0.25, 0.3) is 0 Å². The number of aromatic nitrogens is 3. The Labute approximate surface area is 96.7 Å². The Bertz CT molecular complexity index is 598. The summed E-state index contributed by atoms with van der Waals surface area (Å²) in [6.45, 7) is 0.323. The number of hydrogen-bond donors (Lipinski definition) is 1. The molecule has 6 heteroatoms. The number of nitrogens with zero attached hydrogens (tertiary/aromatic N) is 4. The van der Waals surface area contributed by atoms with Gasteiger partial charge in [0.05, 0.1) is 24.4 Å². The zero-order valence-corrected chi connectivity index (χ0v) is 8.74. The van der Waals surface area contributed by atoms with Crippen LogP contribution in [0, 0.1) is 11.3 Å². The number of benzene rings is 1. The van der Waals surface area contributed by atoms with E-state index < -0.39 is 5.97 Å². The van der Waals surface area contributed by atoms with E-state index in [0.29, 0.717) is 12.1 Å². The first-order valence-electron chi connectivity index (χ1n) is 4.82. The van der Waals surface area contributed by atoms with Gasteiger partial charge in [-0.15, -0.1) is 5.10 Å². The van der Waals surface area contributed by atoms with Crippen molar-refractivity contribution in [2.24, 2.45) is 0 Å². The molecule has 0 atom stereocenters. The molecular formula is C11H8N4O2. The highest BCUT2D eigenvalue weighted by molar-refractivity contribution is 5.84. The maximum absolute atomic E-state index is 10.6. The Kier molecular flexibility index (Phi) is 2.83. The Balaban J connectivity index is 2.26. The second-order valence-electron chi connectivity index (χ2n) is 3.38. The van der Waals surface area contributed by atoms with E-state index in [1.54, 1.807) is 18.2 Å². The lowest BCUT2D eigenvalue weighted by Gasteiger charge is -2.02. The predicted molar refractivity (Wildman–Crippen MR) is 57.2 cm³/mol. The highest BCUT2D eigenvalue weighted by Gasteiger charge is 2.09. The third kappa shape index (κ3) is 2.29. The minimum Gasteiger partial charge on any atom is -0.476 e. The Morgan fingerprint density at radius 1 is 1.47 bits per heavy atom. The van der Waals surface area contributed by atoms with Crippen LogP contribution in [0.5, 0.6) is 0 Å². The van der Waals surface area contributed by atoms with E-state index in [0.717, 1.165) is 5.56 Å². The second-order valence-corrected chi connectivity index (χ2v) is 3.38. The molecule has 6 nitrogen and oxygen atoms in total. The van der Waals surface area contributed by atoms with E-state index in [1.165, 1.54) is 10.9 Å². The minimum atomic E-state index is -1.12. The fourth-order valence-electron chi connectivity index (χ4n) is 1.42. The van der Waals surface area contributed by atoms with Gasteiger partial charge in [-0.1, -0.05) is 23.4 Å². The largest absolute Gasteiger partial charge is 0.476 e. The number of aromatic carboxylic acids is 1. The first-order valence-corrected chi connectivity index (χ1v) is 4.82. The van der Waals surface area contributed by atoms with Crippen LogP contribution in [0.25, 0.3) is 0 Å². The summed E-state index contributed by atoms with van der Waals surface area (Å²) < 4.78 is 1.39. The van der Waals surface area contributed by atoms with Crippen LogP contribution in [-0.4, -0.2) is 26.1 Å². The van der Waals surface area contributed by atoms with Gasteiger partial charge in [-0.2, -0.15) is 5.26 Å². The van der Waals surface area contributed by atoms with Crippen molar-refractivity contribution in [2.45, 2.75) is 6.54 Å². The van der Waals surface area contributed by atoms with Gasteiger partial charge in [-0.3, -0.25) is 0 Å². The van der Waals surface area contributed by atoms with Gasteiger partial charge in [0.1, 0.15) is 0 Å². The molecule has 1 aromatic carbocycles. The van der Waals surface area contributed by atoms with Crippen molar-refractivity contribution in [3.63, 3.8) is 0 Å². The summed E-state index contributed by atoms with van der Waals surface area (Å²) in [6.07, 6.45) is 1.33. The van der Waals surface area contributed by atoms with Gasteiger partial charge in [-0.05, 0) is 11.6 Å². The van der Waals surface area contributed by atoms with Crippen molar-refractivity contribution < 1.29 is 9.90 Å². The summed E-state index contributed by atoms with van der Waals surface area (Å²) in [5.74, 6) is -1.12. The van der Waals surface area contributed by atoms with Gasteiger partial charge in [0.15, 0.2) is 5.69 Å². The summed E-state index contributed by atoms with van der Waals surface area (Å²) >= 11 is 0. The molecule has 0 fully saturated rings.